The summed E-state index contributed by atoms with van der Waals surface area (Å²) >= 11 is 0. The van der Waals surface area contributed by atoms with Gasteiger partial charge in [0.05, 0.1) is 5.56 Å². The standard InChI is InChI=1S/C19H22FN3O2/c1-22-10-4-8-16(22)17-9-5-11-23(17)19(24)15-12-18(25-21-15)13-6-2-3-7-14(13)20/h2-3,6-7,12,16-17H,4-5,8-11H2,1H3/t16-,17-/m0/s1. The summed E-state index contributed by atoms with van der Waals surface area (Å²) < 4.78 is 19.2. The molecule has 0 unspecified atom stereocenters. The summed E-state index contributed by atoms with van der Waals surface area (Å²) in [6.07, 6.45) is 4.35. The summed E-state index contributed by atoms with van der Waals surface area (Å²) in [5.41, 5.74) is 0.577. The van der Waals surface area contributed by atoms with E-state index in [-0.39, 0.29) is 29.2 Å². The molecular formula is C19H22FN3O2. The van der Waals surface area contributed by atoms with Crippen LogP contribution in [0.3, 0.4) is 0 Å². The minimum atomic E-state index is -0.385. The summed E-state index contributed by atoms with van der Waals surface area (Å²) in [5.74, 6) is -0.214. The number of nitrogens with zero attached hydrogens (tertiary/aromatic N) is 3. The lowest BCUT2D eigenvalue weighted by Crippen LogP contribution is -2.47. The number of likely N-dealkylation sites (tertiary alicyclic amines) is 2. The number of carbonyl (C=O) groups is 1. The van der Waals surface area contributed by atoms with Crippen molar-refractivity contribution in [1.82, 2.24) is 15.0 Å². The van der Waals surface area contributed by atoms with Gasteiger partial charge in [-0.15, -0.1) is 0 Å². The monoisotopic (exact) mass is 343 g/mol. The number of hydrogen-bond donors (Lipinski definition) is 0. The molecule has 0 N–H and O–H groups in total. The lowest BCUT2D eigenvalue weighted by Gasteiger charge is -2.32. The zero-order valence-electron chi connectivity index (χ0n) is 14.3. The van der Waals surface area contributed by atoms with Gasteiger partial charge in [0, 0.05) is 24.7 Å². The molecule has 2 aliphatic rings. The van der Waals surface area contributed by atoms with Crippen molar-refractivity contribution in [2.24, 2.45) is 0 Å². The number of carbonyl (C=O) groups excluding carboxylic acids is 1. The number of halogens is 1. The Morgan fingerprint density at radius 2 is 1.96 bits per heavy atom. The van der Waals surface area contributed by atoms with Crippen LogP contribution >= 0.6 is 0 Å². The van der Waals surface area contributed by atoms with Gasteiger partial charge in [-0.05, 0) is 51.4 Å². The van der Waals surface area contributed by atoms with Gasteiger partial charge in [0.25, 0.3) is 5.91 Å². The fraction of sp³-hybridized carbons (Fsp3) is 0.474. The quantitative estimate of drug-likeness (QED) is 0.859. The minimum Gasteiger partial charge on any atom is -0.355 e. The molecule has 6 heteroatoms. The van der Waals surface area contributed by atoms with Crippen molar-refractivity contribution in [2.75, 3.05) is 20.1 Å². The van der Waals surface area contributed by atoms with Crippen LogP contribution in [0.25, 0.3) is 11.3 Å². The van der Waals surface area contributed by atoms with Gasteiger partial charge >= 0.3 is 0 Å². The molecule has 0 aliphatic carbocycles. The number of likely N-dealkylation sites (N-methyl/N-ethyl adjacent to an activating group) is 1. The first-order valence-electron chi connectivity index (χ1n) is 8.88. The van der Waals surface area contributed by atoms with E-state index in [2.05, 4.69) is 17.1 Å². The van der Waals surface area contributed by atoms with Crippen LogP contribution in [0.4, 0.5) is 4.39 Å². The molecule has 132 valence electrons. The van der Waals surface area contributed by atoms with E-state index in [9.17, 15) is 9.18 Å². The predicted molar refractivity (Wildman–Crippen MR) is 91.6 cm³/mol. The van der Waals surface area contributed by atoms with Crippen LogP contribution in [0.2, 0.25) is 0 Å². The lowest BCUT2D eigenvalue weighted by molar-refractivity contribution is 0.0654. The van der Waals surface area contributed by atoms with E-state index in [1.54, 1.807) is 24.3 Å². The van der Waals surface area contributed by atoms with Crippen molar-refractivity contribution < 1.29 is 13.7 Å². The fourth-order valence-electron chi connectivity index (χ4n) is 4.18. The second-order valence-corrected chi connectivity index (χ2v) is 6.95. The van der Waals surface area contributed by atoms with Gasteiger partial charge < -0.3 is 14.3 Å². The first-order chi connectivity index (χ1) is 12.1. The average molecular weight is 343 g/mol. The van der Waals surface area contributed by atoms with E-state index in [1.807, 2.05) is 4.90 Å². The van der Waals surface area contributed by atoms with Crippen molar-refractivity contribution in [2.45, 2.75) is 37.8 Å². The molecule has 1 amide bonds. The van der Waals surface area contributed by atoms with Crippen molar-refractivity contribution in [3.63, 3.8) is 0 Å². The van der Waals surface area contributed by atoms with E-state index in [1.165, 1.54) is 12.5 Å². The molecule has 2 atom stereocenters. The Kier molecular flexibility index (Phi) is 4.29. The minimum absolute atomic E-state index is 0.117. The topological polar surface area (TPSA) is 49.6 Å². The van der Waals surface area contributed by atoms with Crippen LogP contribution in [0.1, 0.15) is 36.2 Å². The van der Waals surface area contributed by atoms with Crippen molar-refractivity contribution >= 4 is 5.91 Å². The van der Waals surface area contributed by atoms with Gasteiger partial charge in [0.1, 0.15) is 5.82 Å². The molecule has 2 fully saturated rings. The van der Waals surface area contributed by atoms with Crippen LogP contribution in [-0.2, 0) is 0 Å². The summed E-state index contributed by atoms with van der Waals surface area (Å²) in [6, 6.07) is 8.54. The van der Waals surface area contributed by atoms with Gasteiger partial charge in [0.15, 0.2) is 11.5 Å². The van der Waals surface area contributed by atoms with Crippen LogP contribution in [0.5, 0.6) is 0 Å². The lowest BCUT2D eigenvalue weighted by atomic mass is 10.0. The first-order valence-corrected chi connectivity index (χ1v) is 8.88. The SMILES string of the molecule is CN1CCC[C@H]1[C@@H]1CCCN1C(=O)c1cc(-c2ccccc2F)on1. The van der Waals surface area contributed by atoms with Gasteiger partial charge in [-0.25, -0.2) is 4.39 Å². The highest BCUT2D eigenvalue weighted by molar-refractivity contribution is 5.93. The molecule has 0 bridgehead atoms. The van der Waals surface area contributed by atoms with Crippen molar-refractivity contribution in [3.8, 4) is 11.3 Å². The summed E-state index contributed by atoms with van der Waals surface area (Å²) in [6.45, 7) is 1.83. The normalized spacial score (nSPS) is 24.2. The van der Waals surface area contributed by atoms with Gasteiger partial charge in [-0.3, -0.25) is 4.79 Å². The van der Waals surface area contributed by atoms with Gasteiger partial charge in [0.2, 0.25) is 0 Å². The van der Waals surface area contributed by atoms with Crippen LogP contribution in [-0.4, -0.2) is 53.1 Å². The Hall–Kier alpha value is -2.21. The molecular weight excluding hydrogens is 321 g/mol. The largest absolute Gasteiger partial charge is 0.355 e. The molecule has 5 nitrogen and oxygen atoms in total. The van der Waals surface area contributed by atoms with Gasteiger partial charge in [-0.1, -0.05) is 17.3 Å². The highest BCUT2D eigenvalue weighted by Crippen LogP contribution is 2.31. The van der Waals surface area contributed by atoms with Gasteiger partial charge in [-0.2, -0.15) is 0 Å². The summed E-state index contributed by atoms with van der Waals surface area (Å²) in [7, 11) is 2.13. The Labute approximate surface area is 146 Å². The summed E-state index contributed by atoms with van der Waals surface area (Å²) in [4.78, 5) is 17.2. The molecule has 2 aromatic rings. The summed E-state index contributed by atoms with van der Waals surface area (Å²) in [5, 5.41) is 3.91. The van der Waals surface area contributed by atoms with Crippen molar-refractivity contribution in [1.29, 1.82) is 0 Å². The van der Waals surface area contributed by atoms with Crippen molar-refractivity contribution in [3.05, 3.63) is 41.8 Å². The van der Waals surface area contributed by atoms with E-state index >= 15 is 0 Å². The molecule has 0 saturated carbocycles. The number of rotatable bonds is 3. The average Bonchev–Trinajstić information content (AvgIpc) is 3.34. The maximum atomic E-state index is 13.9. The third kappa shape index (κ3) is 2.95. The van der Waals surface area contributed by atoms with E-state index in [0.717, 1.165) is 32.4 Å². The first kappa shape index (κ1) is 16.3. The molecule has 4 rings (SSSR count). The second-order valence-electron chi connectivity index (χ2n) is 6.95. The number of amides is 1. The van der Waals surface area contributed by atoms with E-state index in [4.69, 9.17) is 4.52 Å². The maximum absolute atomic E-state index is 13.9. The van der Waals surface area contributed by atoms with Crippen LogP contribution < -0.4 is 0 Å². The third-order valence-corrected chi connectivity index (χ3v) is 5.45. The Bertz CT molecular complexity index is 776. The molecule has 3 heterocycles. The van der Waals surface area contributed by atoms with E-state index in [0.29, 0.717) is 11.6 Å². The van der Waals surface area contributed by atoms with E-state index < -0.39 is 0 Å². The van der Waals surface area contributed by atoms with Crippen LogP contribution in [0, 0.1) is 5.82 Å². The smallest absolute Gasteiger partial charge is 0.276 e. The molecule has 2 aliphatic heterocycles. The Morgan fingerprint density at radius 1 is 1.20 bits per heavy atom. The Balaban J connectivity index is 1.56. The third-order valence-electron chi connectivity index (χ3n) is 5.45. The molecule has 0 spiro atoms. The Morgan fingerprint density at radius 3 is 2.72 bits per heavy atom. The molecule has 1 aromatic carbocycles. The molecule has 1 aromatic heterocycles. The zero-order valence-corrected chi connectivity index (χ0v) is 14.3. The predicted octanol–water partition coefficient (Wildman–Crippen LogP) is 3.18. The zero-order chi connectivity index (χ0) is 17.4. The molecule has 2 saturated heterocycles. The highest BCUT2D eigenvalue weighted by Gasteiger charge is 2.39. The highest BCUT2D eigenvalue weighted by atomic mass is 19.1. The molecule has 25 heavy (non-hydrogen) atoms. The maximum Gasteiger partial charge on any atom is 0.276 e. The van der Waals surface area contributed by atoms with Crippen LogP contribution in [0.15, 0.2) is 34.9 Å². The fourth-order valence-corrected chi connectivity index (χ4v) is 4.18. The number of aromatic nitrogens is 1. The second kappa shape index (κ2) is 6.59. The molecule has 0 radical (unpaired) electrons. The number of benzene rings is 1. The number of hydrogen-bond acceptors (Lipinski definition) is 4.